The van der Waals surface area contributed by atoms with Gasteiger partial charge >= 0.3 is 0 Å². The van der Waals surface area contributed by atoms with Crippen LogP contribution in [0.1, 0.15) is 52.4 Å². The largest absolute Gasteiger partial charge is 0.383 e. The van der Waals surface area contributed by atoms with Gasteiger partial charge in [-0.15, -0.1) is 0 Å². The van der Waals surface area contributed by atoms with Crippen molar-refractivity contribution in [2.75, 3.05) is 11.9 Å². The van der Waals surface area contributed by atoms with E-state index in [1.54, 1.807) is 6.20 Å². The predicted octanol–water partition coefficient (Wildman–Crippen LogP) is 4.04. The normalized spacial score (nSPS) is 16.4. The maximum Gasteiger partial charge on any atom is 0.283 e. The van der Waals surface area contributed by atoms with Crippen LogP contribution in [0.3, 0.4) is 0 Å². The standard InChI is InChI=1S/C16H26BrN3O/c1-12(2)11-20-16(21)15(17)14(10-19-20)18-9-8-13-6-4-3-5-7-13/h10,12-13,18H,3-9,11H2,1-2H3. The van der Waals surface area contributed by atoms with E-state index in [1.807, 2.05) is 0 Å². The second kappa shape index (κ2) is 7.97. The molecule has 0 saturated heterocycles. The first kappa shape index (κ1) is 16.5. The van der Waals surface area contributed by atoms with Crippen molar-refractivity contribution in [3.05, 3.63) is 21.0 Å². The molecule has 1 aliphatic rings. The molecule has 1 fully saturated rings. The van der Waals surface area contributed by atoms with Crippen LogP contribution in [0.4, 0.5) is 5.69 Å². The number of nitrogens with one attached hydrogen (secondary N) is 1. The average molecular weight is 356 g/mol. The van der Waals surface area contributed by atoms with Crippen molar-refractivity contribution in [1.82, 2.24) is 9.78 Å². The first-order valence-corrected chi connectivity index (χ1v) is 8.86. The average Bonchev–Trinajstić information content (AvgIpc) is 2.47. The molecule has 1 N–H and O–H groups in total. The minimum Gasteiger partial charge on any atom is -0.383 e. The summed E-state index contributed by atoms with van der Waals surface area (Å²) < 4.78 is 2.13. The molecule has 0 aromatic carbocycles. The number of halogens is 1. The third-order valence-electron chi connectivity index (χ3n) is 4.12. The van der Waals surface area contributed by atoms with Gasteiger partial charge in [0.25, 0.3) is 5.56 Å². The number of rotatable bonds is 6. The molecule has 0 aliphatic heterocycles. The van der Waals surface area contributed by atoms with Crippen LogP contribution in [0.15, 0.2) is 15.5 Å². The van der Waals surface area contributed by atoms with Crippen LogP contribution in [-0.4, -0.2) is 16.3 Å². The highest BCUT2D eigenvalue weighted by molar-refractivity contribution is 9.10. The Morgan fingerprint density at radius 2 is 2.10 bits per heavy atom. The molecule has 0 atom stereocenters. The quantitative estimate of drug-likeness (QED) is 0.837. The van der Waals surface area contributed by atoms with Gasteiger partial charge in [-0.05, 0) is 34.2 Å². The topological polar surface area (TPSA) is 46.9 Å². The number of anilines is 1. The molecule has 1 aliphatic carbocycles. The molecule has 1 aromatic rings. The van der Waals surface area contributed by atoms with E-state index < -0.39 is 0 Å². The van der Waals surface area contributed by atoms with Gasteiger partial charge in [0.1, 0.15) is 4.47 Å². The number of hydrogen-bond acceptors (Lipinski definition) is 3. The van der Waals surface area contributed by atoms with E-state index in [0.717, 1.165) is 18.2 Å². The van der Waals surface area contributed by atoms with Crippen molar-refractivity contribution in [3.63, 3.8) is 0 Å². The van der Waals surface area contributed by atoms with Crippen molar-refractivity contribution in [1.29, 1.82) is 0 Å². The summed E-state index contributed by atoms with van der Waals surface area (Å²) in [6, 6.07) is 0. The molecule has 1 aromatic heterocycles. The monoisotopic (exact) mass is 355 g/mol. The lowest BCUT2D eigenvalue weighted by molar-refractivity contribution is 0.345. The molecule has 21 heavy (non-hydrogen) atoms. The molecule has 118 valence electrons. The maximum absolute atomic E-state index is 12.2. The van der Waals surface area contributed by atoms with Crippen LogP contribution in [0.25, 0.3) is 0 Å². The fraction of sp³-hybridized carbons (Fsp3) is 0.750. The Morgan fingerprint density at radius 1 is 1.38 bits per heavy atom. The minimum absolute atomic E-state index is 0.0497. The zero-order valence-electron chi connectivity index (χ0n) is 13.1. The van der Waals surface area contributed by atoms with Crippen molar-refractivity contribution < 1.29 is 0 Å². The summed E-state index contributed by atoms with van der Waals surface area (Å²) >= 11 is 3.41. The van der Waals surface area contributed by atoms with Crippen LogP contribution in [0, 0.1) is 11.8 Å². The highest BCUT2D eigenvalue weighted by Gasteiger charge is 2.14. The van der Waals surface area contributed by atoms with Gasteiger partial charge in [-0.3, -0.25) is 4.79 Å². The van der Waals surface area contributed by atoms with Gasteiger partial charge in [0.2, 0.25) is 0 Å². The van der Waals surface area contributed by atoms with Gasteiger partial charge in [-0.25, -0.2) is 4.68 Å². The van der Waals surface area contributed by atoms with Crippen LogP contribution in [-0.2, 0) is 6.54 Å². The van der Waals surface area contributed by atoms with E-state index in [2.05, 4.69) is 40.2 Å². The van der Waals surface area contributed by atoms with Gasteiger partial charge in [0, 0.05) is 13.1 Å². The second-order valence-electron chi connectivity index (χ2n) is 6.47. The molecule has 0 spiro atoms. The smallest absolute Gasteiger partial charge is 0.283 e. The molecule has 0 bridgehead atoms. The summed E-state index contributed by atoms with van der Waals surface area (Å²) in [5.41, 5.74) is 0.766. The fourth-order valence-corrected chi connectivity index (χ4v) is 3.40. The first-order valence-electron chi connectivity index (χ1n) is 8.07. The van der Waals surface area contributed by atoms with Gasteiger partial charge in [0.15, 0.2) is 0 Å². The summed E-state index contributed by atoms with van der Waals surface area (Å²) in [4.78, 5) is 12.2. The van der Waals surface area contributed by atoms with Gasteiger partial charge in [-0.2, -0.15) is 5.10 Å². The molecule has 0 unspecified atom stereocenters. The Balaban J connectivity index is 1.91. The van der Waals surface area contributed by atoms with Crippen LogP contribution >= 0.6 is 15.9 Å². The van der Waals surface area contributed by atoms with E-state index in [0.29, 0.717) is 16.9 Å². The lowest BCUT2D eigenvalue weighted by Gasteiger charge is -2.21. The highest BCUT2D eigenvalue weighted by atomic mass is 79.9. The Morgan fingerprint density at radius 3 is 2.76 bits per heavy atom. The Kier molecular flexibility index (Phi) is 6.27. The van der Waals surface area contributed by atoms with Crippen LogP contribution in [0.2, 0.25) is 0 Å². The summed E-state index contributed by atoms with van der Waals surface area (Å²) in [5.74, 6) is 1.26. The molecular weight excluding hydrogens is 330 g/mol. The maximum atomic E-state index is 12.2. The number of aromatic nitrogens is 2. The Labute approximate surface area is 135 Å². The minimum atomic E-state index is -0.0497. The van der Waals surface area contributed by atoms with Crippen LogP contribution < -0.4 is 10.9 Å². The van der Waals surface area contributed by atoms with E-state index in [9.17, 15) is 4.79 Å². The lowest BCUT2D eigenvalue weighted by Crippen LogP contribution is -2.26. The molecule has 0 amide bonds. The van der Waals surface area contributed by atoms with E-state index in [4.69, 9.17) is 0 Å². The SMILES string of the molecule is CC(C)Cn1ncc(NCCC2CCCCC2)c(Br)c1=O. The third kappa shape index (κ3) is 4.83. The van der Waals surface area contributed by atoms with Gasteiger partial charge in [-0.1, -0.05) is 46.0 Å². The second-order valence-corrected chi connectivity index (χ2v) is 7.27. The molecule has 2 rings (SSSR count). The van der Waals surface area contributed by atoms with Crippen molar-refractivity contribution in [2.24, 2.45) is 11.8 Å². The van der Waals surface area contributed by atoms with Crippen molar-refractivity contribution >= 4 is 21.6 Å². The molecule has 1 heterocycles. The fourth-order valence-electron chi connectivity index (χ4n) is 2.95. The van der Waals surface area contributed by atoms with Gasteiger partial charge in [0.05, 0.1) is 11.9 Å². The predicted molar refractivity (Wildman–Crippen MR) is 90.7 cm³/mol. The molecule has 5 heteroatoms. The van der Waals surface area contributed by atoms with Crippen LogP contribution in [0.5, 0.6) is 0 Å². The molecule has 0 radical (unpaired) electrons. The Hall–Kier alpha value is -0.840. The lowest BCUT2D eigenvalue weighted by atomic mass is 9.87. The summed E-state index contributed by atoms with van der Waals surface area (Å²) in [6.45, 7) is 5.73. The third-order valence-corrected chi connectivity index (χ3v) is 4.88. The highest BCUT2D eigenvalue weighted by Crippen LogP contribution is 2.26. The van der Waals surface area contributed by atoms with E-state index >= 15 is 0 Å². The number of hydrogen-bond donors (Lipinski definition) is 1. The zero-order chi connectivity index (χ0) is 15.2. The van der Waals surface area contributed by atoms with E-state index in [-0.39, 0.29) is 5.56 Å². The molecule has 4 nitrogen and oxygen atoms in total. The van der Waals surface area contributed by atoms with E-state index in [1.165, 1.54) is 43.2 Å². The van der Waals surface area contributed by atoms with Gasteiger partial charge < -0.3 is 5.32 Å². The summed E-state index contributed by atoms with van der Waals surface area (Å²) in [5, 5.41) is 7.62. The van der Waals surface area contributed by atoms with Crippen molar-refractivity contribution in [2.45, 2.75) is 58.9 Å². The van der Waals surface area contributed by atoms with Crippen molar-refractivity contribution in [3.8, 4) is 0 Å². The zero-order valence-corrected chi connectivity index (χ0v) is 14.7. The summed E-state index contributed by atoms with van der Waals surface area (Å²) in [6.07, 6.45) is 9.81. The molecule has 1 saturated carbocycles. The molecular formula is C16H26BrN3O. The number of nitrogens with zero attached hydrogens (tertiary/aromatic N) is 2. The summed E-state index contributed by atoms with van der Waals surface area (Å²) in [7, 11) is 0. The first-order chi connectivity index (χ1) is 10.1. The Bertz CT molecular complexity index is 507.